The number of rotatable bonds is 4. The number of hydrogen-bond donors (Lipinski definition) is 0. The number of nitrogens with zero attached hydrogens (tertiary/aromatic N) is 3. The molecule has 1 aromatic heterocycles. The second-order valence-corrected chi connectivity index (χ2v) is 4.21. The molecule has 1 aliphatic heterocycles. The van der Waals surface area contributed by atoms with Crippen molar-refractivity contribution in [1.82, 2.24) is 13.7 Å². The molecule has 0 bridgehead atoms. The second kappa shape index (κ2) is 4.33. The third kappa shape index (κ3) is 2.23. The molecule has 0 amide bonds. The maximum absolute atomic E-state index is 11.7. The lowest BCUT2D eigenvalue weighted by Gasteiger charge is -2.08. The van der Waals surface area contributed by atoms with Crippen molar-refractivity contribution in [1.29, 1.82) is 0 Å². The van der Waals surface area contributed by atoms with Crippen molar-refractivity contribution in [3.63, 3.8) is 0 Å². The van der Waals surface area contributed by atoms with Gasteiger partial charge in [0.2, 0.25) is 0 Å². The van der Waals surface area contributed by atoms with Crippen LogP contribution < -0.4 is 17.1 Å². The highest BCUT2D eigenvalue weighted by Crippen LogP contribution is 2.15. The van der Waals surface area contributed by atoms with Crippen molar-refractivity contribution in [3.8, 4) is 0 Å². The van der Waals surface area contributed by atoms with E-state index in [9.17, 15) is 14.4 Å². The van der Waals surface area contributed by atoms with Crippen molar-refractivity contribution in [3.05, 3.63) is 31.5 Å². The molecule has 0 spiro atoms. The van der Waals surface area contributed by atoms with Gasteiger partial charge in [0.15, 0.2) is 0 Å². The second-order valence-electron chi connectivity index (χ2n) is 4.21. The molecule has 7 nitrogen and oxygen atoms in total. The van der Waals surface area contributed by atoms with Crippen LogP contribution in [-0.2, 0) is 25.4 Å². The molecule has 1 saturated heterocycles. The van der Waals surface area contributed by atoms with Crippen molar-refractivity contribution >= 4 is 0 Å². The molecule has 1 aromatic rings. The molecule has 1 atom stereocenters. The van der Waals surface area contributed by atoms with Gasteiger partial charge in [0.05, 0.1) is 12.7 Å². The van der Waals surface area contributed by atoms with Gasteiger partial charge in [0.25, 0.3) is 0 Å². The largest absolute Gasteiger partial charge is 0.373 e. The van der Waals surface area contributed by atoms with Gasteiger partial charge in [0.1, 0.15) is 0 Å². The maximum Gasteiger partial charge on any atom is 0.336 e. The minimum atomic E-state index is -0.596. The number of ether oxygens (including phenoxy) is 1. The topological polar surface area (TPSA) is 78.5 Å². The van der Waals surface area contributed by atoms with Crippen LogP contribution in [0.1, 0.15) is 12.8 Å². The fraction of sp³-hybridized carbons (Fsp3) is 0.700. The Kier molecular flexibility index (Phi) is 3.01. The van der Waals surface area contributed by atoms with Crippen molar-refractivity contribution in [2.45, 2.75) is 25.5 Å². The van der Waals surface area contributed by atoms with E-state index in [0.717, 1.165) is 26.7 Å². The third-order valence-corrected chi connectivity index (χ3v) is 2.92. The van der Waals surface area contributed by atoms with Crippen molar-refractivity contribution < 1.29 is 4.74 Å². The van der Waals surface area contributed by atoms with Gasteiger partial charge >= 0.3 is 17.1 Å². The molecule has 0 aliphatic carbocycles. The van der Waals surface area contributed by atoms with E-state index in [-0.39, 0.29) is 6.10 Å². The van der Waals surface area contributed by atoms with Gasteiger partial charge in [-0.15, -0.1) is 0 Å². The predicted molar refractivity (Wildman–Crippen MR) is 60.2 cm³/mol. The summed E-state index contributed by atoms with van der Waals surface area (Å²) in [4.78, 5) is 34.9. The van der Waals surface area contributed by atoms with Crippen LogP contribution in [0.2, 0.25) is 0 Å². The Balaban J connectivity index is 2.29. The third-order valence-electron chi connectivity index (χ3n) is 2.92. The molecule has 1 unspecified atom stereocenters. The van der Waals surface area contributed by atoms with E-state index >= 15 is 0 Å². The van der Waals surface area contributed by atoms with Gasteiger partial charge in [-0.2, -0.15) is 0 Å². The van der Waals surface area contributed by atoms with Crippen LogP contribution in [0.15, 0.2) is 14.4 Å². The summed E-state index contributed by atoms with van der Waals surface area (Å²) in [5, 5.41) is 0. The van der Waals surface area contributed by atoms with Crippen molar-refractivity contribution in [2.75, 3.05) is 6.61 Å². The van der Waals surface area contributed by atoms with Crippen LogP contribution in [0.25, 0.3) is 0 Å². The van der Waals surface area contributed by atoms with Crippen LogP contribution in [0.3, 0.4) is 0 Å². The normalized spacial score (nSPS) is 18.4. The summed E-state index contributed by atoms with van der Waals surface area (Å²) in [5.41, 5.74) is -1.72. The highest BCUT2D eigenvalue weighted by atomic mass is 16.6. The van der Waals surface area contributed by atoms with Crippen LogP contribution >= 0.6 is 0 Å². The molecule has 0 N–H and O–H groups in total. The summed E-state index contributed by atoms with van der Waals surface area (Å²) in [6.07, 6.45) is 1.80. The molecule has 0 saturated carbocycles. The lowest BCUT2D eigenvalue weighted by atomic mass is 10.2. The Morgan fingerprint density at radius 3 is 2.12 bits per heavy atom. The monoisotopic (exact) mass is 241 g/mol. The summed E-state index contributed by atoms with van der Waals surface area (Å²) in [6, 6.07) is 0. The summed E-state index contributed by atoms with van der Waals surface area (Å²) in [7, 11) is 2.73. The first-order valence-electron chi connectivity index (χ1n) is 5.51. The van der Waals surface area contributed by atoms with Gasteiger partial charge in [0, 0.05) is 20.6 Å². The first-order chi connectivity index (χ1) is 8.02. The number of hydrogen-bond acceptors (Lipinski definition) is 4. The van der Waals surface area contributed by atoms with Crippen LogP contribution in [-0.4, -0.2) is 26.4 Å². The van der Waals surface area contributed by atoms with Gasteiger partial charge in [-0.1, -0.05) is 0 Å². The lowest BCUT2D eigenvalue weighted by Crippen LogP contribution is -2.52. The summed E-state index contributed by atoms with van der Waals surface area (Å²) >= 11 is 0. The van der Waals surface area contributed by atoms with Gasteiger partial charge in [-0.05, 0) is 12.8 Å². The molecule has 2 heterocycles. The standard InChI is InChI=1S/C10H15N3O4/c1-11-8(14)12(2)10(16)13(9(11)15)5-3-4-7-6-17-7/h7H,3-6H2,1-2H3. The quantitative estimate of drug-likeness (QED) is 0.596. The first-order valence-corrected chi connectivity index (χ1v) is 5.51. The van der Waals surface area contributed by atoms with Crippen molar-refractivity contribution in [2.24, 2.45) is 14.1 Å². The minimum Gasteiger partial charge on any atom is -0.373 e. The smallest absolute Gasteiger partial charge is 0.336 e. The number of epoxide rings is 1. The minimum absolute atomic E-state index is 0.280. The van der Waals surface area contributed by atoms with E-state index in [1.807, 2.05) is 0 Å². The average Bonchev–Trinajstić information content (AvgIpc) is 3.12. The molecular formula is C10H15N3O4. The Hall–Kier alpha value is -1.63. The summed E-state index contributed by atoms with van der Waals surface area (Å²) < 4.78 is 8.01. The molecule has 0 aromatic carbocycles. The highest BCUT2D eigenvalue weighted by molar-refractivity contribution is 4.77. The van der Waals surface area contributed by atoms with E-state index in [0.29, 0.717) is 13.0 Å². The van der Waals surface area contributed by atoms with E-state index in [1.165, 1.54) is 14.1 Å². The molecular weight excluding hydrogens is 226 g/mol. The first kappa shape index (κ1) is 11.8. The fourth-order valence-corrected chi connectivity index (χ4v) is 1.74. The molecule has 2 rings (SSSR count). The SMILES string of the molecule is Cn1c(=O)n(C)c(=O)n(CCCC2CO2)c1=O. The predicted octanol–water partition coefficient (Wildman–Crippen LogP) is -1.58. The van der Waals surface area contributed by atoms with Gasteiger partial charge in [-0.25, -0.2) is 28.1 Å². The summed E-state index contributed by atoms with van der Waals surface area (Å²) in [5.74, 6) is 0. The average molecular weight is 241 g/mol. The zero-order chi connectivity index (χ0) is 12.6. The Bertz CT molecular complexity index is 551. The molecule has 17 heavy (non-hydrogen) atoms. The van der Waals surface area contributed by atoms with E-state index in [2.05, 4.69) is 0 Å². The highest BCUT2D eigenvalue weighted by Gasteiger charge is 2.21. The van der Waals surface area contributed by atoms with E-state index < -0.39 is 17.1 Å². The Morgan fingerprint density at radius 2 is 1.65 bits per heavy atom. The summed E-state index contributed by atoms with van der Waals surface area (Å²) in [6.45, 7) is 1.08. The molecule has 7 heteroatoms. The molecule has 1 fully saturated rings. The lowest BCUT2D eigenvalue weighted by molar-refractivity contribution is 0.380. The molecule has 1 aliphatic rings. The van der Waals surface area contributed by atoms with Crippen LogP contribution in [0.5, 0.6) is 0 Å². The zero-order valence-corrected chi connectivity index (χ0v) is 9.88. The maximum atomic E-state index is 11.7. The van der Waals surface area contributed by atoms with E-state index in [1.54, 1.807) is 0 Å². The van der Waals surface area contributed by atoms with E-state index in [4.69, 9.17) is 4.74 Å². The van der Waals surface area contributed by atoms with Crippen LogP contribution in [0.4, 0.5) is 0 Å². The number of aromatic nitrogens is 3. The fourth-order valence-electron chi connectivity index (χ4n) is 1.74. The Morgan fingerprint density at radius 1 is 1.12 bits per heavy atom. The van der Waals surface area contributed by atoms with Gasteiger partial charge in [-0.3, -0.25) is 0 Å². The van der Waals surface area contributed by atoms with Gasteiger partial charge < -0.3 is 4.74 Å². The zero-order valence-electron chi connectivity index (χ0n) is 9.88. The Labute approximate surface area is 96.9 Å². The molecule has 94 valence electrons. The molecule has 0 radical (unpaired) electrons. The van der Waals surface area contributed by atoms with Crippen LogP contribution in [0, 0.1) is 0 Å².